The summed E-state index contributed by atoms with van der Waals surface area (Å²) in [5.74, 6) is -0.160. The lowest BCUT2D eigenvalue weighted by Crippen LogP contribution is -2.49. The zero-order valence-corrected chi connectivity index (χ0v) is 14.3. The molecular weight excluding hydrogens is 351 g/mol. The van der Waals surface area contributed by atoms with Gasteiger partial charge in [0, 0.05) is 18.7 Å². The maximum atomic E-state index is 12.8. The van der Waals surface area contributed by atoms with E-state index in [9.17, 15) is 18.0 Å². The van der Waals surface area contributed by atoms with Crippen molar-refractivity contribution >= 4 is 5.91 Å². The molecule has 7 nitrogen and oxygen atoms in total. The fraction of sp³-hybridized carbons (Fsp3) is 0.500. The molecule has 1 saturated heterocycles. The number of carbonyl (C=O) groups is 1. The number of rotatable bonds is 3. The number of aromatic nitrogens is 4. The molecule has 0 N–H and O–H groups in total. The van der Waals surface area contributed by atoms with Crippen LogP contribution in [0.2, 0.25) is 0 Å². The number of morpholine rings is 1. The average molecular weight is 369 g/mol. The van der Waals surface area contributed by atoms with Crippen LogP contribution in [0, 0.1) is 0 Å². The summed E-state index contributed by atoms with van der Waals surface area (Å²) >= 11 is 0. The Morgan fingerprint density at radius 2 is 1.96 bits per heavy atom. The highest BCUT2D eigenvalue weighted by Gasteiger charge is 2.31. The van der Waals surface area contributed by atoms with Crippen LogP contribution >= 0.6 is 0 Å². The number of alkyl halides is 3. The van der Waals surface area contributed by atoms with Crippen molar-refractivity contribution in [3.05, 3.63) is 29.8 Å². The first-order valence-electron chi connectivity index (χ1n) is 8.11. The summed E-state index contributed by atoms with van der Waals surface area (Å²) in [7, 11) is 0. The molecule has 0 spiro atoms. The minimum Gasteiger partial charge on any atom is -0.372 e. The normalized spacial score (nSPS) is 21.0. The number of benzene rings is 1. The molecule has 0 radical (unpaired) electrons. The lowest BCUT2D eigenvalue weighted by molar-refractivity contribution is -0.144. The Bertz CT molecular complexity index is 782. The van der Waals surface area contributed by atoms with E-state index in [0.29, 0.717) is 13.1 Å². The smallest absolute Gasteiger partial charge is 0.372 e. The van der Waals surface area contributed by atoms with Crippen LogP contribution in [-0.4, -0.2) is 56.3 Å². The minimum atomic E-state index is -4.45. The number of hydrogen-bond acceptors (Lipinski definition) is 5. The Balaban J connectivity index is 1.71. The van der Waals surface area contributed by atoms with Crippen LogP contribution in [-0.2, 0) is 22.3 Å². The van der Waals surface area contributed by atoms with Gasteiger partial charge in [-0.2, -0.15) is 18.0 Å². The minimum absolute atomic E-state index is 0.0348. The van der Waals surface area contributed by atoms with Crippen LogP contribution in [0.5, 0.6) is 0 Å². The molecule has 26 heavy (non-hydrogen) atoms. The molecule has 1 aliphatic heterocycles. The number of halogens is 3. The summed E-state index contributed by atoms with van der Waals surface area (Å²) in [6.45, 7) is 4.58. The van der Waals surface area contributed by atoms with Crippen molar-refractivity contribution in [3.63, 3.8) is 0 Å². The van der Waals surface area contributed by atoms with E-state index in [-0.39, 0.29) is 36.0 Å². The van der Waals surface area contributed by atoms with Gasteiger partial charge >= 0.3 is 6.18 Å². The zero-order valence-electron chi connectivity index (χ0n) is 14.3. The summed E-state index contributed by atoms with van der Waals surface area (Å²) in [6.07, 6.45) is -4.58. The average Bonchev–Trinajstić information content (AvgIpc) is 3.02. The lowest BCUT2D eigenvalue weighted by Gasteiger charge is -2.35. The largest absolute Gasteiger partial charge is 0.416 e. The summed E-state index contributed by atoms with van der Waals surface area (Å²) in [4.78, 5) is 15.1. The fourth-order valence-electron chi connectivity index (χ4n) is 2.86. The molecule has 3 rings (SSSR count). The van der Waals surface area contributed by atoms with E-state index in [1.165, 1.54) is 12.1 Å². The molecule has 2 heterocycles. The van der Waals surface area contributed by atoms with Gasteiger partial charge in [-0.25, -0.2) is 0 Å². The molecule has 2 aromatic rings. The molecule has 2 atom stereocenters. The Labute approximate surface area is 147 Å². The van der Waals surface area contributed by atoms with Gasteiger partial charge in [0.1, 0.15) is 6.54 Å². The van der Waals surface area contributed by atoms with Crippen LogP contribution in [0.3, 0.4) is 0 Å². The second-order valence-corrected chi connectivity index (χ2v) is 6.28. The molecular formula is C16H18F3N5O2. The third-order valence-corrected chi connectivity index (χ3v) is 3.95. The van der Waals surface area contributed by atoms with Gasteiger partial charge in [0.2, 0.25) is 11.7 Å². The quantitative estimate of drug-likeness (QED) is 0.827. The first-order valence-corrected chi connectivity index (χ1v) is 8.11. The Hall–Kier alpha value is -2.49. The molecule has 1 aromatic heterocycles. The summed E-state index contributed by atoms with van der Waals surface area (Å²) in [6, 6.07) is 4.66. The molecule has 1 fully saturated rings. The van der Waals surface area contributed by atoms with Crippen molar-refractivity contribution in [2.45, 2.75) is 38.8 Å². The first-order chi connectivity index (χ1) is 12.2. The molecule has 0 aliphatic carbocycles. The van der Waals surface area contributed by atoms with Crippen molar-refractivity contribution in [1.82, 2.24) is 25.1 Å². The highest BCUT2D eigenvalue weighted by Crippen LogP contribution is 2.31. The SMILES string of the molecule is C[C@@H]1CN(C(=O)Cn2nnc(-c3cccc(C(F)(F)F)c3)n2)C[C@@H](C)O1. The van der Waals surface area contributed by atoms with Crippen molar-refractivity contribution in [2.24, 2.45) is 0 Å². The van der Waals surface area contributed by atoms with Gasteiger partial charge in [0.25, 0.3) is 0 Å². The Kier molecular flexibility index (Phi) is 4.94. The third-order valence-electron chi connectivity index (χ3n) is 3.95. The Morgan fingerprint density at radius 1 is 1.27 bits per heavy atom. The fourth-order valence-corrected chi connectivity index (χ4v) is 2.86. The number of tetrazole rings is 1. The lowest BCUT2D eigenvalue weighted by atomic mass is 10.1. The van der Waals surface area contributed by atoms with Crippen molar-refractivity contribution < 1.29 is 22.7 Å². The van der Waals surface area contributed by atoms with Crippen molar-refractivity contribution in [2.75, 3.05) is 13.1 Å². The van der Waals surface area contributed by atoms with E-state index in [1.54, 1.807) is 4.90 Å². The first kappa shape index (κ1) is 18.3. The third kappa shape index (κ3) is 4.18. The van der Waals surface area contributed by atoms with Gasteiger partial charge in [0.05, 0.1) is 17.8 Å². The van der Waals surface area contributed by atoms with Crippen molar-refractivity contribution in [3.8, 4) is 11.4 Å². The second-order valence-electron chi connectivity index (χ2n) is 6.28. The monoisotopic (exact) mass is 369 g/mol. The van der Waals surface area contributed by atoms with Gasteiger partial charge in [-0.05, 0) is 31.2 Å². The zero-order chi connectivity index (χ0) is 18.9. The summed E-state index contributed by atoms with van der Waals surface area (Å²) < 4.78 is 44.0. The topological polar surface area (TPSA) is 73.1 Å². The van der Waals surface area contributed by atoms with Gasteiger partial charge in [0.15, 0.2) is 0 Å². The number of nitrogens with zero attached hydrogens (tertiary/aromatic N) is 5. The number of amides is 1. The number of ether oxygens (including phenoxy) is 1. The van der Waals surface area contributed by atoms with Gasteiger partial charge < -0.3 is 9.64 Å². The van der Waals surface area contributed by atoms with E-state index in [0.717, 1.165) is 16.9 Å². The number of hydrogen-bond donors (Lipinski definition) is 0. The molecule has 1 aromatic carbocycles. The molecule has 1 amide bonds. The van der Waals surface area contributed by atoms with Crippen LogP contribution in [0.1, 0.15) is 19.4 Å². The van der Waals surface area contributed by atoms with Crippen LogP contribution in [0.25, 0.3) is 11.4 Å². The van der Waals surface area contributed by atoms with Gasteiger partial charge in [-0.1, -0.05) is 12.1 Å². The van der Waals surface area contributed by atoms with Crippen LogP contribution in [0.15, 0.2) is 24.3 Å². The second kappa shape index (κ2) is 7.02. The molecule has 0 unspecified atom stereocenters. The van der Waals surface area contributed by atoms with Gasteiger partial charge in [-0.15, -0.1) is 10.2 Å². The van der Waals surface area contributed by atoms with Crippen LogP contribution < -0.4 is 0 Å². The summed E-state index contributed by atoms with van der Waals surface area (Å²) in [5.41, 5.74) is -0.606. The molecule has 140 valence electrons. The van der Waals surface area contributed by atoms with Crippen molar-refractivity contribution in [1.29, 1.82) is 0 Å². The predicted octanol–water partition coefficient (Wildman–Crippen LogP) is 1.99. The highest BCUT2D eigenvalue weighted by molar-refractivity contribution is 5.76. The van der Waals surface area contributed by atoms with Gasteiger partial charge in [-0.3, -0.25) is 4.79 Å². The molecule has 10 heteroatoms. The Morgan fingerprint density at radius 3 is 2.62 bits per heavy atom. The highest BCUT2D eigenvalue weighted by atomic mass is 19.4. The molecule has 0 bridgehead atoms. The van der Waals surface area contributed by atoms with E-state index in [1.807, 2.05) is 13.8 Å². The maximum Gasteiger partial charge on any atom is 0.416 e. The molecule has 1 aliphatic rings. The van der Waals surface area contributed by atoms with E-state index < -0.39 is 11.7 Å². The summed E-state index contributed by atoms with van der Waals surface area (Å²) in [5, 5.41) is 11.6. The van der Waals surface area contributed by atoms with E-state index in [4.69, 9.17) is 4.74 Å². The van der Waals surface area contributed by atoms with Crippen LogP contribution in [0.4, 0.5) is 13.2 Å². The predicted molar refractivity (Wildman–Crippen MR) is 84.8 cm³/mol. The maximum absolute atomic E-state index is 12.8. The molecule has 0 saturated carbocycles. The van der Waals surface area contributed by atoms with E-state index in [2.05, 4.69) is 15.4 Å². The standard InChI is InChI=1S/C16H18F3N5O2/c1-10-7-23(8-11(2)26-10)14(25)9-24-21-15(20-22-24)12-4-3-5-13(6-12)16(17,18)19/h3-6,10-11H,7-9H2,1-2H3/t10-,11-/m1/s1. The van der Waals surface area contributed by atoms with E-state index >= 15 is 0 Å². The number of carbonyl (C=O) groups excluding carboxylic acids is 1.